The zero-order valence-electron chi connectivity index (χ0n) is 15.0. The number of nitrogens with one attached hydrogen (secondary N) is 1. The van der Waals surface area contributed by atoms with Crippen LogP contribution in [0.2, 0.25) is 0 Å². The van der Waals surface area contributed by atoms with E-state index in [1.54, 1.807) is 18.2 Å². The molecule has 0 spiro atoms. The maximum absolute atomic E-state index is 12.2. The fourth-order valence-electron chi connectivity index (χ4n) is 2.33. The third-order valence-electron chi connectivity index (χ3n) is 3.82. The van der Waals surface area contributed by atoms with Gasteiger partial charge in [-0.2, -0.15) is 0 Å². The maximum Gasteiger partial charge on any atom is 0.338 e. The average molecular weight is 370 g/mol. The number of aryl methyl sites for hydroxylation is 1. The van der Waals surface area contributed by atoms with Crippen molar-refractivity contribution in [2.45, 2.75) is 26.9 Å². The van der Waals surface area contributed by atoms with Crippen LogP contribution in [0.4, 0.5) is 11.4 Å². The van der Waals surface area contributed by atoms with Crippen molar-refractivity contribution in [2.24, 2.45) is 0 Å². The molecule has 8 nitrogen and oxygen atoms in total. The number of nitro groups is 1. The summed E-state index contributed by atoms with van der Waals surface area (Å²) >= 11 is 0. The van der Waals surface area contributed by atoms with Crippen molar-refractivity contribution in [1.29, 1.82) is 0 Å². The molecule has 2 aromatic rings. The summed E-state index contributed by atoms with van der Waals surface area (Å²) in [6.45, 7) is 4.32. The quantitative estimate of drug-likeness (QED) is 0.361. The number of nitro benzene ring substituents is 1. The molecule has 0 saturated heterocycles. The van der Waals surface area contributed by atoms with Crippen molar-refractivity contribution in [2.75, 3.05) is 5.32 Å². The third-order valence-corrected chi connectivity index (χ3v) is 3.82. The summed E-state index contributed by atoms with van der Waals surface area (Å²) in [5.41, 5.74) is 1.16. The monoisotopic (exact) mass is 370 g/mol. The van der Waals surface area contributed by atoms with Crippen LogP contribution in [-0.4, -0.2) is 28.7 Å². The second-order valence-corrected chi connectivity index (χ2v) is 5.93. The first kappa shape index (κ1) is 19.8. The Morgan fingerprint density at radius 3 is 2.41 bits per heavy atom. The lowest BCUT2D eigenvalue weighted by atomic mass is 10.1. The second-order valence-electron chi connectivity index (χ2n) is 5.93. The van der Waals surface area contributed by atoms with Crippen LogP contribution < -0.4 is 5.32 Å². The topological polar surface area (TPSA) is 116 Å². The van der Waals surface area contributed by atoms with E-state index in [0.29, 0.717) is 16.8 Å². The zero-order valence-corrected chi connectivity index (χ0v) is 15.0. The summed E-state index contributed by atoms with van der Waals surface area (Å²) in [5, 5.41) is 13.4. The minimum absolute atomic E-state index is 0.108. The number of nitrogens with zero attached hydrogens (tertiary/aromatic N) is 1. The molecule has 0 aromatic heterocycles. The Morgan fingerprint density at radius 1 is 1.11 bits per heavy atom. The van der Waals surface area contributed by atoms with E-state index in [0.717, 1.165) is 0 Å². The number of carbonyl (C=O) groups is 3. The molecule has 8 heteroatoms. The van der Waals surface area contributed by atoms with Crippen molar-refractivity contribution < 1.29 is 24.0 Å². The molecule has 1 atom stereocenters. The van der Waals surface area contributed by atoms with E-state index in [-0.39, 0.29) is 17.0 Å². The Labute approximate surface area is 155 Å². The van der Waals surface area contributed by atoms with Crippen LogP contribution in [0.15, 0.2) is 42.5 Å². The second kappa shape index (κ2) is 8.22. The lowest BCUT2D eigenvalue weighted by Crippen LogP contribution is -2.30. The van der Waals surface area contributed by atoms with Gasteiger partial charge in [0.2, 0.25) is 0 Å². The lowest BCUT2D eigenvalue weighted by Gasteiger charge is -2.14. The minimum Gasteiger partial charge on any atom is -0.449 e. The van der Waals surface area contributed by atoms with Crippen LogP contribution in [0.5, 0.6) is 0 Å². The van der Waals surface area contributed by atoms with Gasteiger partial charge in [0.15, 0.2) is 11.9 Å². The van der Waals surface area contributed by atoms with Crippen LogP contribution in [-0.2, 0) is 9.53 Å². The number of Topliss-reactive ketones (excluding diaryl/α,β-unsaturated/α-hetero) is 1. The highest BCUT2D eigenvalue weighted by molar-refractivity contribution is 5.99. The molecule has 1 unspecified atom stereocenters. The van der Waals surface area contributed by atoms with Crippen LogP contribution in [0, 0.1) is 17.0 Å². The van der Waals surface area contributed by atoms with E-state index >= 15 is 0 Å². The predicted molar refractivity (Wildman–Crippen MR) is 97.8 cm³/mol. The van der Waals surface area contributed by atoms with Gasteiger partial charge in [-0.05, 0) is 45.0 Å². The lowest BCUT2D eigenvalue weighted by molar-refractivity contribution is -0.385. The van der Waals surface area contributed by atoms with Gasteiger partial charge in [-0.1, -0.05) is 12.1 Å². The fraction of sp³-hybridized carbons (Fsp3) is 0.211. The first-order chi connectivity index (χ1) is 12.7. The number of benzene rings is 2. The Morgan fingerprint density at radius 2 is 1.81 bits per heavy atom. The summed E-state index contributed by atoms with van der Waals surface area (Å²) in [5.74, 6) is -1.48. The van der Waals surface area contributed by atoms with Crippen molar-refractivity contribution in [3.8, 4) is 0 Å². The molecule has 1 N–H and O–H groups in total. The number of hydrogen-bond acceptors (Lipinski definition) is 6. The average Bonchev–Trinajstić information content (AvgIpc) is 2.61. The van der Waals surface area contributed by atoms with Gasteiger partial charge in [-0.3, -0.25) is 19.7 Å². The third kappa shape index (κ3) is 4.97. The van der Waals surface area contributed by atoms with E-state index in [4.69, 9.17) is 4.74 Å². The number of amides is 1. The standard InChI is InChI=1S/C19H18N2O6/c1-11-9-15(7-8-17(11)21(25)26)19(24)27-13(3)18(23)20-16-6-4-5-14(10-16)12(2)22/h4-10,13H,1-3H3,(H,20,23). The maximum atomic E-state index is 12.2. The summed E-state index contributed by atoms with van der Waals surface area (Å²) in [6.07, 6.45) is -1.10. The Bertz CT molecular complexity index is 922. The number of ketones is 1. The molecular formula is C19H18N2O6. The normalized spacial score (nSPS) is 11.4. The Kier molecular flexibility index (Phi) is 6.02. The molecule has 0 radical (unpaired) electrons. The molecule has 0 fully saturated rings. The van der Waals surface area contributed by atoms with Crippen LogP contribution >= 0.6 is 0 Å². The van der Waals surface area contributed by atoms with Gasteiger partial charge in [-0.25, -0.2) is 4.79 Å². The first-order valence-corrected chi connectivity index (χ1v) is 8.07. The van der Waals surface area contributed by atoms with Gasteiger partial charge in [0.1, 0.15) is 0 Å². The summed E-state index contributed by atoms with van der Waals surface area (Å²) < 4.78 is 5.12. The number of esters is 1. The van der Waals surface area contributed by atoms with Crippen molar-refractivity contribution >= 4 is 29.0 Å². The van der Waals surface area contributed by atoms with Gasteiger partial charge in [0.05, 0.1) is 10.5 Å². The molecule has 0 saturated carbocycles. The van der Waals surface area contributed by atoms with Gasteiger partial charge < -0.3 is 10.1 Å². The van der Waals surface area contributed by atoms with E-state index in [1.165, 1.54) is 45.0 Å². The van der Waals surface area contributed by atoms with E-state index in [2.05, 4.69) is 5.32 Å². The fourth-order valence-corrected chi connectivity index (χ4v) is 2.33. The zero-order chi connectivity index (χ0) is 20.1. The summed E-state index contributed by atoms with van der Waals surface area (Å²) in [6, 6.07) is 10.2. The summed E-state index contributed by atoms with van der Waals surface area (Å²) in [7, 11) is 0. The Hall–Kier alpha value is -3.55. The highest BCUT2D eigenvalue weighted by atomic mass is 16.6. The molecule has 0 aliphatic heterocycles. The van der Waals surface area contributed by atoms with Gasteiger partial charge >= 0.3 is 5.97 Å². The van der Waals surface area contributed by atoms with Gasteiger partial charge in [0.25, 0.3) is 11.6 Å². The number of ether oxygens (including phenoxy) is 1. The van der Waals surface area contributed by atoms with E-state index in [9.17, 15) is 24.5 Å². The van der Waals surface area contributed by atoms with Crippen LogP contribution in [0.3, 0.4) is 0 Å². The summed E-state index contributed by atoms with van der Waals surface area (Å²) in [4.78, 5) is 46.0. The van der Waals surface area contributed by atoms with Crippen molar-refractivity contribution in [1.82, 2.24) is 0 Å². The largest absolute Gasteiger partial charge is 0.449 e. The number of rotatable bonds is 6. The van der Waals surface area contributed by atoms with Crippen LogP contribution in [0.1, 0.15) is 40.1 Å². The van der Waals surface area contributed by atoms with Gasteiger partial charge in [0, 0.05) is 22.9 Å². The molecule has 0 aliphatic rings. The smallest absolute Gasteiger partial charge is 0.338 e. The highest BCUT2D eigenvalue weighted by Crippen LogP contribution is 2.20. The molecule has 0 bridgehead atoms. The van der Waals surface area contributed by atoms with Gasteiger partial charge in [-0.15, -0.1) is 0 Å². The number of carbonyl (C=O) groups excluding carboxylic acids is 3. The van der Waals surface area contributed by atoms with Crippen molar-refractivity contribution in [3.63, 3.8) is 0 Å². The van der Waals surface area contributed by atoms with E-state index in [1.807, 2.05) is 0 Å². The molecule has 27 heavy (non-hydrogen) atoms. The van der Waals surface area contributed by atoms with E-state index < -0.39 is 22.9 Å². The minimum atomic E-state index is -1.10. The molecular weight excluding hydrogens is 352 g/mol. The molecule has 2 aromatic carbocycles. The SMILES string of the molecule is CC(=O)c1cccc(NC(=O)C(C)OC(=O)c2ccc([N+](=O)[O-])c(C)c2)c1. The molecule has 0 heterocycles. The number of anilines is 1. The van der Waals surface area contributed by atoms with Crippen LogP contribution in [0.25, 0.3) is 0 Å². The van der Waals surface area contributed by atoms with Crippen molar-refractivity contribution in [3.05, 3.63) is 69.3 Å². The first-order valence-electron chi connectivity index (χ1n) is 8.07. The molecule has 140 valence electrons. The number of hydrogen-bond donors (Lipinski definition) is 1. The molecule has 0 aliphatic carbocycles. The Balaban J connectivity index is 2.04. The predicted octanol–water partition coefficient (Wildman–Crippen LogP) is 3.29. The molecule has 2 rings (SSSR count). The molecule has 1 amide bonds. The highest BCUT2D eigenvalue weighted by Gasteiger charge is 2.21.